The number of benzene rings is 2. The number of carbonyl (C=O) groups excluding carboxylic acids is 3. The van der Waals surface area contributed by atoms with Crippen molar-refractivity contribution in [2.75, 3.05) is 13.7 Å². The first-order valence-electron chi connectivity index (χ1n) is 9.90. The van der Waals surface area contributed by atoms with Gasteiger partial charge in [-0.15, -0.1) is 0 Å². The molecule has 0 aliphatic rings. The predicted octanol–water partition coefficient (Wildman–Crippen LogP) is 2.90. The second kappa shape index (κ2) is 9.21. The number of hydrogen-bond donors (Lipinski definition) is 0. The van der Waals surface area contributed by atoms with Crippen molar-refractivity contribution in [3.05, 3.63) is 74.9 Å². The van der Waals surface area contributed by atoms with Crippen LogP contribution in [0.2, 0.25) is 0 Å². The third kappa shape index (κ3) is 4.46. The van der Waals surface area contributed by atoms with Gasteiger partial charge in [-0.2, -0.15) is 4.99 Å². The molecule has 0 atom stereocenters. The van der Waals surface area contributed by atoms with E-state index in [1.54, 1.807) is 49.4 Å². The van der Waals surface area contributed by atoms with Crippen molar-refractivity contribution in [3.63, 3.8) is 0 Å². The Hall–Kier alpha value is -4.05. The molecule has 4 rings (SSSR count). The molecule has 0 unspecified atom stereocenters. The van der Waals surface area contributed by atoms with Crippen LogP contribution in [0.5, 0.6) is 0 Å². The summed E-state index contributed by atoms with van der Waals surface area (Å²) in [5.41, 5.74) is 0.187. The van der Waals surface area contributed by atoms with Gasteiger partial charge >= 0.3 is 17.6 Å². The molecule has 0 bridgehead atoms. The van der Waals surface area contributed by atoms with Gasteiger partial charge in [0.2, 0.25) is 0 Å². The van der Waals surface area contributed by atoms with Crippen molar-refractivity contribution >= 4 is 50.4 Å². The smallest absolute Gasteiger partial charge is 0.349 e. The molecule has 10 heteroatoms. The van der Waals surface area contributed by atoms with Gasteiger partial charge < -0.3 is 18.5 Å². The van der Waals surface area contributed by atoms with Crippen LogP contribution in [0.3, 0.4) is 0 Å². The number of aromatic nitrogens is 1. The van der Waals surface area contributed by atoms with Gasteiger partial charge in [0, 0.05) is 5.39 Å². The highest BCUT2D eigenvalue weighted by molar-refractivity contribution is 7.16. The molecule has 168 valence electrons. The zero-order chi connectivity index (χ0) is 23.5. The summed E-state index contributed by atoms with van der Waals surface area (Å²) >= 11 is 1.09. The number of rotatable bonds is 5. The highest BCUT2D eigenvalue weighted by Gasteiger charge is 2.17. The number of amides is 1. The van der Waals surface area contributed by atoms with E-state index in [1.165, 1.54) is 17.7 Å². The van der Waals surface area contributed by atoms with Crippen LogP contribution in [0.25, 0.3) is 21.2 Å². The van der Waals surface area contributed by atoms with Gasteiger partial charge in [0.05, 0.1) is 29.5 Å². The van der Waals surface area contributed by atoms with Gasteiger partial charge in [-0.1, -0.05) is 29.5 Å². The van der Waals surface area contributed by atoms with E-state index in [1.807, 2.05) is 0 Å². The third-order valence-corrected chi connectivity index (χ3v) is 5.81. The zero-order valence-electron chi connectivity index (χ0n) is 17.7. The molecule has 2 aromatic carbocycles. The monoisotopic (exact) mass is 466 g/mol. The lowest BCUT2D eigenvalue weighted by molar-refractivity contribution is -0.143. The summed E-state index contributed by atoms with van der Waals surface area (Å²) in [6, 6.07) is 13.0. The minimum absolute atomic E-state index is 0.164. The van der Waals surface area contributed by atoms with Crippen LogP contribution in [0.4, 0.5) is 0 Å². The molecule has 0 saturated heterocycles. The molecule has 0 aliphatic carbocycles. The van der Waals surface area contributed by atoms with Crippen molar-refractivity contribution in [1.29, 1.82) is 0 Å². The Morgan fingerprint density at radius 2 is 1.91 bits per heavy atom. The Labute approximate surface area is 190 Å². The van der Waals surface area contributed by atoms with Gasteiger partial charge in [-0.25, -0.2) is 9.59 Å². The van der Waals surface area contributed by atoms with E-state index in [4.69, 9.17) is 13.9 Å². The van der Waals surface area contributed by atoms with Crippen molar-refractivity contribution in [2.24, 2.45) is 4.99 Å². The number of ether oxygens (including phenoxy) is 2. The number of para-hydroxylation sites is 1. The molecule has 0 N–H and O–H groups in total. The zero-order valence-corrected chi connectivity index (χ0v) is 18.5. The summed E-state index contributed by atoms with van der Waals surface area (Å²) in [5, 5.41) is 0.578. The molecule has 2 aromatic heterocycles. The lowest BCUT2D eigenvalue weighted by Crippen LogP contribution is -2.24. The molecular formula is C23H18N2O7S. The Morgan fingerprint density at radius 3 is 2.67 bits per heavy atom. The maximum Gasteiger partial charge on any atom is 0.349 e. The molecule has 9 nitrogen and oxygen atoms in total. The second-order valence-electron chi connectivity index (χ2n) is 6.85. The van der Waals surface area contributed by atoms with Crippen LogP contribution in [0.15, 0.2) is 62.7 Å². The molecule has 0 radical (unpaired) electrons. The van der Waals surface area contributed by atoms with Gasteiger partial charge in [-0.05, 0) is 37.3 Å². The summed E-state index contributed by atoms with van der Waals surface area (Å²) in [6.07, 6.45) is 0. The van der Waals surface area contributed by atoms with Crippen LogP contribution in [-0.4, -0.2) is 36.1 Å². The van der Waals surface area contributed by atoms with Crippen LogP contribution < -0.4 is 10.4 Å². The Morgan fingerprint density at radius 1 is 1.12 bits per heavy atom. The van der Waals surface area contributed by atoms with E-state index in [9.17, 15) is 19.2 Å². The SMILES string of the molecule is CCOC(=O)Cn1c(=NC(=O)c2cc3ccccc3oc2=O)sc2cc(C(=O)OC)ccc21. The van der Waals surface area contributed by atoms with E-state index in [-0.39, 0.29) is 23.5 Å². The summed E-state index contributed by atoms with van der Waals surface area (Å²) in [5.74, 6) is -1.86. The molecule has 4 aromatic rings. The molecule has 1 amide bonds. The van der Waals surface area contributed by atoms with E-state index >= 15 is 0 Å². The fourth-order valence-electron chi connectivity index (χ4n) is 3.25. The summed E-state index contributed by atoms with van der Waals surface area (Å²) in [4.78, 5) is 53.6. The summed E-state index contributed by atoms with van der Waals surface area (Å²) in [6.45, 7) is 1.67. The van der Waals surface area contributed by atoms with Crippen LogP contribution in [0.1, 0.15) is 27.6 Å². The number of carbonyl (C=O) groups is 3. The van der Waals surface area contributed by atoms with E-state index in [2.05, 4.69) is 4.99 Å². The Balaban J connectivity index is 1.86. The van der Waals surface area contributed by atoms with Crippen LogP contribution in [0, 0.1) is 0 Å². The van der Waals surface area contributed by atoms with Crippen molar-refractivity contribution in [2.45, 2.75) is 13.5 Å². The van der Waals surface area contributed by atoms with Crippen LogP contribution >= 0.6 is 11.3 Å². The lowest BCUT2D eigenvalue weighted by Gasteiger charge is -2.05. The normalized spacial score (nSPS) is 11.6. The number of hydrogen-bond acceptors (Lipinski definition) is 8. The highest BCUT2D eigenvalue weighted by atomic mass is 32.1. The van der Waals surface area contributed by atoms with Gasteiger partial charge in [-0.3, -0.25) is 9.59 Å². The Kier molecular flexibility index (Phi) is 6.18. The largest absolute Gasteiger partial charge is 0.465 e. The average molecular weight is 466 g/mol. The lowest BCUT2D eigenvalue weighted by atomic mass is 10.2. The van der Waals surface area contributed by atoms with E-state index in [0.717, 1.165) is 11.3 Å². The molecule has 2 heterocycles. The van der Waals surface area contributed by atoms with Gasteiger partial charge in [0.15, 0.2) is 4.80 Å². The van der Waals surface area contributed by atoms with Crippen molar-refractivity contribution in [1.82, 2.24) is 4.57 Å². The Bertz CT molecular complexity index is 1530. The first kappa shape index (κ1) is 22.2. The van der Waals surface area contributed by atoms with Gasteiger partial charge in [0.25, 0.3) is 5.91 Å². The molecule has 33 heavy (non-hydrogen) atoms. The van der Waals surface area contributed by atoms with E-state index < -0.39 is 23.5 Å². The summed E-state index contributed by atoms with van der Waals surface area (Å²) in [7, 11) is 1.27. The van der Waals surface area contributed by atoms with Gasteiger partial charge in [0.1, 0.15) is 17.7 Å². The van der Waals surface area contributed by atoms with Crippen molar-refractivity contribution in [3.8, 4) is 0 Å². The molecule has 0 fully saturated rings. The topological polar surface area (TPSA) is 117 Å². The minimum Gasteiger partial charge on any atom is -0.465 e. The van der Waals surface area contributed by atoms with Crippen molar-refractivity contribution < 1.29 is 28.3 Å². The first-order chi connectivity index (χ1) is 15.9. The third-order valence-electron chi connectivity index (χ3n) is 4.77. The van der Waals surface area contributed by atoms with E-state index in [0.29, 0.717) is 26.7 Å². The second-order valence-corrected chi connectivity index (χ2v) is 7.86. The molecule has 0 saturated carbocycles. The maximum absolute atomic E-state index is 12.9. The predicted molar refractivity (Wildman–Crippen MR) is 120 cm³/mol. The number of thiazole rings is 1. The number of esters is 2. The fraction of sp³-hybridized carbons (Fsp3) is 0.174. The molecule has 0 spiro atoms. The first-order valence-corrected chi connectivity index (χ1v) is 10.7. The standard InChI is InChI=1S/C23H18N2O7S/c1-3-31-19(26)12-25-16-9-8-14(21(28)30-2)11-18(16)33-23(25)24-20(27)15-10-13-6-4-5-7-17(13)32-22(15)29/h4-11H,3,12H2,1-2H3. The number of fused-ring (bicyclic) bond motifs is 2. The maximum atomic E-state index is 12.9. The number of nitrogens with zero attached hydrogens (tertiary/aromatic N) is 2. The quantitative estimate of drug-likeness (QED) is 0.328. The molecule has 0 aliphatic heterocycles. The summed E-state index contributed by atoms with van der Waals surface area (Å²) < 4.78 is 17.1. The van der Waals surface area contributed by atoms with Crippen LogP contribution in [-0.2, 0) is 20.8 Å². The highest BCUT2D eigenvalue weighted by Crippen LogP contribution is 2.20. The number of methoxy groups -OCH3 is 1. The molecular weight excluding hydrogens is 448 g/mol. The minimum atomic E-state index is -0.813. The fourth-order valence-corrected chi connectivity index (χ4v) is 4.32. The average Bonchev–Trinajstić information content (AvgIpc) is 3.13.